The molecule has 0 saturated heterocycles. The normalized spacial score (nSPS) is 11.7. The number of benzene rings is 6. The van der Waals surface area contributed by atoms with E-state index >= 15 is 0 Å². The van der Waals surface area contributed by atoms with Crippen LogP contribution in [0.5, 0.6) is 0 Å². The largest absolute Gasteiger partial charge is 0.214 e. The molecule has 0 atom stereocenters. The molecule has 0 nitrogen and oxygen atoms in total. The molecule has 54 heavy (non-hydrogen) atoms. The summed E-state index contributed by atoms with van der Waals surface area (Å²) in [6, 6.07) is 45.9. The Morgan fingerprint density at radius 2 is 0.889 bits per heavy atom. The zero-order chi connectivity index (χ0) is 38.9. The van der Waals surface area contributed by atoms with E-state index in [1.54, 1.807) is 0 Å². The third-order valence-corrected chi connectivity index (χ3v) is 15.2. The molecule has 276 valence electrons. The van der Waals surface area contributed by atoms with Crippen molar-refractivity contribution in [1.82, 2.24) is 0 Å². The number of hydrogen-bond donors (Lipinski definition) is 0. The maximum Gasteiger partial charge on any atom is -0.172 e. The summed E-state index contributed by atoms with van der Waals surface area (Å²) < 4.78 is 1.04. The van der Waals surface area contributed by atoms with Crippen LogP contribution in [0.2, 0.25) is 10.0 Å². The molecule has 8 aromatic rings. The first-order valence-corrected chi connectivity index (χ1v) is 26.6. The molecule has 0 bridgehead atoms. The van der Waals surface area contributed by atoms with Gasteiger partial charge in [-0.15, -0.1) is 39.7 Å². The Balaban J connectivity index is 0.000000164. The monoisotopic (exact) mass is 864 g/mol. The zero-order valence-electron chi connectivity index (χ0n) is 32.2. The Morgan fingerprint density at radius 3 is 1.24 bits per heavy atom. The Hall–Kier alpha value is -3.03. The Morgan fingerprint density at radius 1 is 0.500 bits per heavy atom. The third-order valence-electron chi connectivity index (χ3n) is 10.0. The number of halogens is 4. The minimum absolute atomic E-state index is 0.180. The molecular formula is C49H46Cl4Zr-2. The van der Waals surface area contributed by atoms with Crippen molar-refractivity contribution in [3.63, 3.8) is 0 Å². The first-order chi connectivity index (χ1) is 25.6. The summed E-state index contributed by atoms with van der Waals surface area (Å²) in [5.74, 6) is 0. The van der Waals surface area contributed by atoms with Crippen LogP contribution in [0, 0.1) is 13.8 Å². The van der Waals surface area contributed by atoms with E-state index in [0.717, 1.165) is 45.9 Å². The average molecular weight is 868 g/mol. The van der Waals surface area contributed by atoms with E-state index in [2.05, 4.69) is 110 Å². The molecule has 0 aliphatic carbocycles. The molecular weight excluding hydrogens is 822 g/mol. The van der Waals surface area contributed by atoms with Crippen molar-refractivity contribution in [3.8, 4) is 0 Å². The van der Waals surface area contributed by atoms with Crippen molar-refractivity contribution in [2.45, 2.75) is 66.2 Å². The topological polar surface area (TPSA) is 0 Å². The van der Waals surface area contributed by atoms with Gasteiger partial charge in [-0.2, -0.15) is 18.2 Å². The van der Waals surface area contributed by atoms with Gasteiger partial charge in [-0.25, -0.2) is 12.1 Å². The maximum absolute atomic E-state index is 6.65. The van der Waals surface area contributed by atoms with Gasteiger partial charge in [-0.05, 0) is 24.7 Å². The van der Waals surface area contributed by atoms with E-state index in [0.29, 0.717) is 0 Å². The molecule has 0 N–H and O–H groups in total. The summed E-state index contributed by atoms with van der Waals surface area (Å²) in [6.07, 6.45) is 0. The number of aryl methyl sites for hydroxylation is 2. The van der Waals surface area contributed by atoms with Crippen molar-refractivity contribution in [2.24, 2.45) is 0 Å². The molecule has 5 heteroatoms. The molecule has 8 rings (SSSR count). The second-order valence-electron chi connectivity index (χ2n) is 16.0. The summed E-state index contributed by atoms with van der Waals surface area (Å²) in [6.45, 7) is 18.3. The van der Waals surface area contributed by atoms with Gasteiger partial charge in [0.15, 0.2) is 0 Å². The zero-order valence-corrected chi connectivity index (χ0v) is 37.7. The maximum atomic E-state index is 6.65. The quantitative estimate of drug-likeness (QED) is 0.152. The van der Waals surface area contributed by atoms with Crippen LogP contribution in [0.4, 0.5) is 0 Å². The van der Waals surface area contributed by atoms with Gasteiger partial charge in [0.2, 0.25) is 0 Å². The van der Waals surface area contributed by atoms with Crippen LogP contribution in [-0.4, -0.2) is 3.21 Å². The van der Waals surface area contributed by atoms with Gasteiger partial charge >= 0.3 is 178 Å². The van der Waals surface area contributed by atoms with E-state index in [4.69, 9.17) is 40.2 Å². The first kappa shape index (κ1) is 40.6. The minimum atomic E-state index is -2.84. The van der Waals surface area contributed by atoms with Gasteiger partial charge in [-0.3, -0.25) is 0 Å². The van der Waals surface area contributed by atoms with Crippen LogP contribution in [0.3, 0.4) is 0 Å². The summed E-state index contributed by atoms with van der Waals surface area (Å²) in [5, 5.41) is 11.1. The van der Waals surface area contributed by atoms with Crippen molar-refractivity contribution in [1.29, 1.82) is 0 Å². The standard InChI is InChI=1S/C23H29.C21H12Cl2.C5H5.2ClH.Zr/c1-14-9-16-11-17-10-15(2)21(23(6,7)8)13-19(17)18(16)12-20(14)22(3,4)5;22-20-11-3-7-16-14(5-1-9-18(16)20)13-15-6-2-10-19-17(15)8-4-12-21(19)23;1-2-4-5-3-1;;;/h9-13H,1-8H3;1-12H;1-5H;2*1H;/q-1;;-1;;;+2/p-2. The smallest absolute Gasteiger partial charge is 0.172 e. The molecule has 0 aliphatic rings. The predicted molar refractivity (Wildman–Crippen MR) is 239 cm³/mol. The van der Waals surface area contributed by atoms with Crippen LogP contribution in [-0.2, 0) is 29.7 Å². The van der Waals surface area contributed by atoms with Crippen molar-refractivity contribution >= 4 is 86.5 Å². The van der Waals surface area contributed by atoms with Crippen LogP contribution in [0.15, 0.2) is 133 Å². The Labute approximate surface area is 345 Å². The predicted octanol–water partition coefficient (Wildman–Crippen LogP) is 16.1. The summed E-state index contributed by atoms with van der Waals surface area (Å²) in [7, 11) is 13.3. The molecule has 0 fully saturated rings. The van der Waals surface area contributed by atoms with Gasteiger partial charge in [0, 0.05) is 0 Å². The minimum Gasteiger partial charge on any atom is -0.214 e. The molecule has 0 aliphatic heterocycles. The first-order valence-electron chi connectivity index (χ1n) is 18.3. The van der Waals surface area contributed by atoms with Gasteiger partial charge in [0.05, 0.1) is 0 Å². The Kier molecular flexibility index (Phi) is 12.5. The number of rotatable bonds is 2. The van der Waals surface area contributed by atoms with Crippen molar-refractivity contribution in [2.75, 3.05) is 0 Å². The molecule has 0 saturated carbocycles. The molecule has 0 radical (unpaired) electrons. The van der Waals surface area contributed by atoms with E-state index in [9.17, 15) is 0 Å². The fraction of sp³-hybridized carbons (Fsp3) is 0.204. The summed E-state index contributed by atoms with van der Waals surface area (Å²) in [5.41, 5.74) is 8.17. The Bertz CT molecular complexity index is 2440. The van der Waals surface area contributed by atoms with Gasteiger partial charge in [0.25, 0.3) is 0 Å². The molecule has 0 aromatic heterocycles. The van der Waals surface area contributed by atoms with E-state index < -0.39 is 18.9 Å². The van der Waals surface area contributed by atoms with Gasteiger partial charge < -0.3 is 0 Å². The van der Waals surface area contributed by atoms with E-state index in [1.807, 2.05) is 78.9 Å². The molecule has 0 heterocycles. The van der Waals surface area contributed by atoms with E-state index in [1.165, 1.54) is 43.8 Å². The van der Waals surface area contributed by atoms with Crippen LogP contribution in [0.1, 0.15) is 74.9 Å². The fourth-order valence-electron chi connectivity index (χ4n) is 7.60. The van der Waals surface area contributed by atoms with Crippen LogP contribution >= 0.6 is 40.2 Å². The molecule has 0 amide bonds. The van der Waals surface area contributed by atoms with Crippen LogP contribution in [0.25, 0.3) is 43.1 Å². The number of hydrogen-bond acceptors (Lipinski definition) is 0. The van der Waals surface area contributed by atoms with Crippen molar-refractivity contribution in [3.05, 3.63) is 177 Å². The number of fused-ring (bicyclic) bond motifs is 5. The summed E-state index contributed by atoms with van der Waals surface area (Å²) in [4.78, 5) is 0. The van der Waals surface area contributed by atoms with E-state index in [-0.39, 0.29) is 10.8 Å². The van der Waals surface area contributed by atoms with Gasteiger partial charge in [-0.1, -0.05) is 75.9 Å². The third kappa shape index (κ3) is 8.68. The summed E-state index contributed by atoms with van der Waals surface area (Å²) >= 11 is 9.96. The second-order valence-corrected chi connectivity index (χ2v) is 25.0. The average Bonchev–Trinajstić information content (AvgIpc) is 3.79. The molecule has 8 aromatic carbocycles. The fourth-order valence-corrected chi connectivity index (χ4v) is 12.6. The second kappa shape index (κ2) is 16.6. The van der Waals surface area contributed by atoms with Crippen molar-refractivity contribution < 1.29 is 18.9 Å². The van der Waals surface area contributed by atoms with Crippen LogP contribution < -0.4 is 0 Å². The molecule has 0 spiro atoms. The molecule has 0 unspecified atom stereocenters. The van der Waals surface area contributed by atoms with Gasteiger partial charge in [0.1, 0.15) is 0 Å². The SMILES string of the molecule is Cc1cc2[cH-]c3cc(C)c(C(C)(C)C)cc3c2cc1C(C)(C)C.Clc1cccc2c([C](c3cccc4c(Cl)cccc34)=[Zr]([Cl])[Cl])cccc12.c1cc[cH-]c1.